The van der Waals surface area contributed by atoms with Crippen LogP contribution in [-0.2, 0) is 0 Å². The number of nitrogens with two attached hydrogens (primary N) is 1. The van der Waals surface area contributed by atoms with E-state index in [1.807, 2.05) is 0 Å². The molecule has 0 bridgehead atoms. The molecule has 3 nitrogen and oxygen atoms in total. The summed E-state index contributed by atoms with van der Waals surface area (Å²) in [5.74, 6) is 0. The number of allylic oxidation sites excluding steroid dienone is 2. The molecule has 0 heterocycles. The Kier molecular flexibility index (Phi) is 4.66. The van der Waals surface area contributed by atoms with Gasteiger partial charge >= 0.3 is 6.18 Å². The predicted octanol–water partition coefficient (Wildman–Crippen LogP) is 3.37. The third kappa shape index (κ3) is 3.99. The summed E-state index contributed by atoms with van der Waals surface area (Å²) in [6, 6.07) is 4.63. The van der Waals surface area contributed by atoms with Gasteiger partial charge in [0.15, 0.2) is 6.29 Å². The first kappa shape index (κ1) is 14.4. The van der Waals surface area contributed by atoms with Crippen molar-refractivity contribution in [3.8, 4) is 0 Å². The molecular weight excluding hydrogens is 313 g/mol. The third-order valence-corrected chi connectivity index (χ3v) is 2.40. The average molecular weight is 321 g/mol. The first-order valence-electron chi connectivity index (χ1n) is 4.66. The van der Waals surface area contributed by atoms with Gasteiger partial charge in [0.1, 0.15) is 5.70 Å². The zero-order valence-electron chi connectivity index (χ0n) is 8.91. The van der Waals surface area contributed by atoms with E-state index in [4.69, 9.17) is 5.73 Å². The second-order valence-corrected chi connectivity index (χ2v) is 4.13. The molecule has 1 aromatic carbocycles. The number of benzene rings is 1. The van der Waals surface area contributed by atoms with Gasteiger partial charge in [0.2, 0.25) is 0 Å². The second kappa shape index (κ2) is 5.81. The maximum absolute atomic E-state index is 12.1. The van der Waals surface area contributed by atoms with E-state index < -0.39 is 11.9 Å². The number of alkyl halides is 3. The van der Waals surface area contributed by atoms with Crippen molar-refractivity contribution >= 4 is 34.1 Å². The molecule has 0 aliphatic carbocycles. The number of rotatable bonds is 3. The van der Waals surface area contributed by atoms with Crippen molar-refractivity contribution in [3.05, 3.63) is 40.0 Å². The summed E-state index contributed by atoms with van der Waals surface area (Å²) in [6.45, 7) is 0. The molecule has 96 valence electrons. The molecule has 0 fully saturated rings. The van der Waals surface area contributed by atoms with E-state index in [1.165, 1.54) is 12.1 Å². The van der Waals surface area contributed by atoms with Gasteiger partial charge in [-0.15, -0.1) is 0 Å². The van der Waals surface area contributed by atoms with Crippen LogP contribution in [0, 0.1) is 0 Å². The van der Waals surface area contributed by atoms with Crippen LogP contribution in [0.15, 0.2) is 39.4 Å². The van der Waals surface area contributed by atoms with Crippen molar-refractivity contribution in [1.82, 2.24) is 0 Å². The lowest BCUT2D eigenvalue weighted by Gasteiger charge is -2.04. The first-order valence-corrected chi connectivity index (χ1v) is 5.45. The normalized spacial score (nSPS) is 13.0. The van der Waals surface area contributed by atoms with Crippen LogP contribution >= 0.6 is 15.9 Å². The third-order valence-electron chi connectivity index (χ3n) is 1.91. The van der Waals surface area contributed by atoms with Gasteiger partial charge < -0.3 is 5.73 Å². The summed E-state index contributed by atoms with van der Waals surface area (Å²) >= 11 is 3.16. The van der Waals surface area contributed by atoms with Crippen LogP contribution in [0.2, 0.25) is 0 Å². The maximum atomic E-state index is 12.1. The summed E-state index contributed by atoms with van der Waals surface area (Å²) < 4.78 is 36.8. The van der Waals surface area contributed by atoms with E-state index >= 15 is 0 Å². The van der Waals surface area contributed by atoms with Gasteiger partial charge in [-0.05, 0) is 24.3 Å². The summed E-state index contributed by atoms with van der Waals surface area (Å²) in [7, 11) is 0. The van der Waals surface area contributed by atoms with Gasteiger partial charge in [0.05, 0.1) is 5.69 Å². The predicted molar refractivity (Wildman–Crippen MR) is 66.0 cm³/mol. The lowest BCUT2D eigenvalue weighted by atomic mass is 10.2. The largest absolute Gasteiger partial charge is 0.430 e. The molecule has 7 heteroatoms. The van der Waals surface area contributed by atoms with Crippen LogP contribution in [0.25, 0.3) is 0 Å². The molecule has 0 aliphatic heterocycles. The molecule has 0 saturated heterocycles. The van der Waals surface area contributed by atoms with Gasteiger partial charge in [-0.2, -0.15) is 13.2 Å². The Hall–Kier alpha value is -1.63. The van der Waals surface area contributed by atoms with Gasteiger partial charge in [0.25, 0.3) is 0 Å². The van der Waals surface area contributed by atoms with Crippen molar-refractivity contribution in [2.45, 2.75) is 6.18 Å². The molecule has 0 aromatic heterocycles. The zero-order valence-corrected chi connectivity index (χ0v) is 10.5. The molecule has 18 heavy (non-hydrogen) atoms. The number of aliphatic imine (C=N–C) groups is 1. The van der Waals surface area contributed by atoms with Gasteiger partial charge in [0, 0.05) is 16.3 Å². The number of hydrogen-bond donors (Lipinski definition) is 1. The van der Waals surface area contributed by atoms with Gasteiger partial charge in [-0.1, -0.05) is 15.9 Å². The Morgan fingerprint density at radius 3 is 2.61 bits per heavy atom. The number of aldehydes is 1. The van der Waals surface area contributed by atoms with E-state index in [-0.39, 0.29) is 11.3 Å². The fraction of sp³-hybridized carbons (Fsp3) is 0.0909. The average Bonchev–Trinajstić information content (AvgIpc) is 2.29. The summed E-state index contributed by atoms with van der Waals surface area (Å²) in [5.41, 5.74) is 4.05. The van der Waals surface area contributed by atoms with Crippen LogP contribution in [-0.4, -0.2) is 18.7 Å². The first-order chi connectivity index (χ1) is 8.34. The molecule has 0 atom stereocenters. The molecule has 1 aromatic rings. The van der Waals surface area contributed by atoms with E-state index in [1.54, 1.807) is 6.07 Å². The number of hydrogen-bond acceptors (Lipinski definition) is 3. The van der Waals surface area contributed by atoms with E-state index in [0.717, 1.165) is 6.21 Å². The highest BCUT2D eigenvalue weighted by Gasteiger charge is 2.30. The molecule has 0 radical (unpaired) electrons. The van der Waals surface area contributed by atoms with Crippen molar-refractivity contribution in [2.24, 2.45) is 10.7 Å². The summed E-state index contributed by atoms with van der Waals surface area (Å²) in [4.78, 5) is 14.5. The van der Waals surface area contributed by atoms with Crippen molar-refractivity contribution < 1.29 is 18.0 Å². The topological polar surface area (TPSA) is 55.4 Å². The number of carbonyl (C=O) groups is 1. The van der Waals surface area contributed by atoms with Crippen LogP contribution in [0.4, 0.5) is 18.9 Å². The molecule has 0 amide bonds. The van der Waals surface area contributed by atoms with Crippen molar-refractivity contribution in [1.29, 1.82) is 0 Å². The summed E-state index contributed by atoms with van der Waals surface area (Å²) in [6.07, 6.45) is -2.48. The number of halogens is 4. The minimum absolute atomic E-state index is 0.263. The second-order valence-electron chi connectivity index (χ2n) is 3.22. The highest BCUT2D eigenvalue weighted by molar-refractivity contribution is 9.10. The summed E-state index contributed by atoms with van der Waals surface area (Å²) in [5, 5.41) is 0. The fourth-order valence-corrected chi connectivity index (χ4v) is 1.41. The lowest BCUT2D eigenvalue weighted by Crippen LogP contribution is -2.19. The van der Waals surface area contributed by atoms with Gasteiger partial charge in [-0.3, -0.25) is 9.79 Å². The number of nitrogens with zero attached hydrogens (tertiary/aromatic N) is 1. The van der Waals surface area contributed by atoms with Crippen molar-refractivity contribution in [2.75, 3.05) is 0 Å². The smallest absolute Gasteiger partial charge is 0.395 e. The minimum atomic E-state index is -4.58. The molecule has 2 N–H and O–H groups in total. The van der Waals surface area contributed by atoms with Crippen LogP contribution in [0.1, 0.15) is 10.4 Å². The van der Waals surface area contributed by atoms with E-state index in [2.05, 4.69) is 20.9 Å². The Morgan fingerprint density at radius 2 is 2.06 bits per heavy atom. The standard InChI is InChI=1S/C11H8BrF3N2O/c12-8-1-2-9(7(5-8)6-18)17-4-3-10(16)11(13,14)15/h1-6H,16H2. The molecule has 0 saturated carbocycles. The highest BCUT2D eigenvalue weighted by Crippen LogP contribution is 2.23. The SMILES string of the molecule is NC(=CC=Nc1ccc(Br)cc1C=O)C(F)(F)F. The molecule has 0 spiro atoms. The van der Waals surface area contributed by atoms with Crippen LogP contribution in [0.5, 0.6) is 0 Å². The number of carbonyl (C=O) groups excluding carboxylic acids is 1. The molecule has 1 rings (SSSR count). The monoisotopic (exact) mass is 320 g/mol. The fourth-order valence-electron chi connectivity index (χ4n) is 1.03. The van der Waals surface area contributed by atoms with Gasteiger partial charge in [-0.25, -0.2) is 0 Å². The Balaban J connectivity index is 2.95. The maximum Gasteiger partial charge on any atom is 0.430 e. The zero-order chi connectivity index (χ0) is 13.8. The Morgan fingerprint density at radius 1 is 1.39 bits per heavy atom. The Labute approximate surface area is 109 Å². The van der Waals surface area contributed by atoms with E-state index in [0.29, 0.717) is 16.8 Å². The molecular formula is C11H8BrF3N2O. The van der Waals surface area contributed by atoms with E-state index in [9.17, 15) is 18.0 Å². The van der Waals surface area contributed by atoms with Crippen LogP contribution in [0.3, 0.4) is 0 Å². The quantitative estimate of drug-likeness (QED) is 0.685. The van der Waals surface area contributed by atoms with Crippen molar-refractivity contribution in [3.63, 3.8) is 0 Å². The Bertz CT molecular complexity index is 510. The van der Waals surface area contributed by atoms with Crippen LogP contribution < -0.4 is 5.73 Å². The molecule has 0 unspecified atom stereocenters. The lowest BCUT2D eigenvalue weighted by molar-refractivity contribution is -0.0925. The minimum Gasteiger partial charge on any atom is -0.395 e. The highest BCUT2D eigenvalue weighted by atomic mass is 79.9. The molecule has 0 aliphatic rings.